The quantitative estimate of drug-likeness (QED) is 0.526. The fraction of sp³-hybridized carbons (Fsp3) is 0.909. The molecule has 0 aromatic heterocycles. The average Bonchev–Trinajstić information content (AvgIpc) is 2.85. The molecule has 3 unspecified atom stereocenters. The lowest BCUT2D eigenvalue weighted by atomic mass is 9.81. The molecule has 0 aromatic carbocycles. The maximum Gasteiger partial charge on any atom is 0.341 e. The maximum absolute atomic E-state index is 11.8. The van der Waals surface area contributed by atoms with Gasteiger partial charge < -0.3 is 14.2 Å². The summed E-state index contributed by atoms with van der Waals surface area (Å²) < 4.78 is 15.7. The Kier molecular flexibility index (Phi) is 3.12. The van der Waals surface area contributed by atoms with Crippen molar-refractivity contribution in [1.82, 2.24) is 0 Å². The largest absolute Gasteiger partial charge is 0.467 e. The fourth-order valence-corrected chi connectivity index (χ4v) is 2.24. The van der Waals surface area contributed by atoms with E-state index >= 15 is 0 Å². The topological polar surface area (TPSA) is 48.1 Å². The lowest BCUT2D eigenvalue weighted by Crippen LogP contribution is -2.43. The molecule has 1 saturated heterocycles. The molecule has 3 atom stereocenters. The second-order valence-electron chi connectivity index (χ2n) is 4.47. The lowest BCUT2D eigenvalue weighted by molar-refractivity contribution is -0.149. The van der Waals surface area contributed by atoms with E-state index in [0.717, 1.165) is 0 Å². The first-order chi connectivity index (χ1) is 6.86. The second kappa shape index (κ2) is 3.76. The first kappa shape index (κ1) is 12.5. The molecule has 4 heteroatoms. The van der Waals surface area contributed by atoms with Crippen LogP contribution in [0, 0.1) is 5.92 Å². The van der Waals surface area contributed by atoms with E-state index in [2.05, 4.69) is 0 Å². The van der Waals surface area contributed by atoms with E-state index < -0.39 is 11.2 Å². The number of carbonyl (C=O) groups is 1. The summed E-state index contributed by atoms with van der Waals surface area (Å²) in [6.07, 6.45) is -0.140. The van der Waals surface area contributed by atoms with Gasteiger partial charge in [-0.2, -0.15) is 0 Å². The molecule has 1 rings (SSSR count). The smallest absolute Gasteiger partial charge is 0.341 e. The number of rotatable bonds is 4. The van der Waals surface area contributed by atoms with Crippen LogP contribution in [0.2, 0.25) is 0 Å². The van der Waals surface area contributed by atoms with Crippen LogP contribution in [0.4, 0.5) is 0 Å². The SMILES string of the molecule is COC(=O)C1(C(C)C)OC1(C)C(C)OC. The summed E-state index contributed by atoms with van der Waals surface area (Å²) in [6, 6.07) is 0. The molecule has 1 fully saturated rings. The Labute approximate surface area is 90.9 Å². The molecule has 0 saturated carbocycles. The number of carbonyl (C=O) groups excluding carboxylic acids is 1. The standard InChI is InChI=1S/C11H20O4/c1-7(2)11(9(12)14-6)10(4,15-11)8(3)13-5/h7-8H,1-6H3. The molecule has 0 bridgehead atoms. The number of hydrogen-bond acceptors (Lipinski definition) is 4. The normalized spacial score (nSPS) is 36.5. The van der Waals surface area contributed by atoms with Gasteiger partial charge in [-0.05, 0) is 19.8 Å². The van der Waals surface area contributed by atoms with Crippen molar-refractivity contribution in [3.05, 3.63) is 0 Å². The van der Waals surface area contributed by atoms with Gasteiger partial charge in [0.05, 0.1) is 13.2 Å². The van der Waals surface area contributed by atoms with E-state index in [0.29, 0.717) is 0 Å². The van der Waals surface area contributed by atoms with Crippen molar-refractivity contribution in [3.8, 4) is 0 Å². The third kappa shape index (κ3) is 1.47. The van der Waals surface area contributed by atoms with Crippen LogP contribution in [0.5, 0.6) is 0 Å². The third-order valence-corrected chi connectivity index (χ3v) is 3.50. The van der Waals surface area contributed by atoms with Crippen LogP contribution in [-0.4, -0.2) is 37.5 Å². The van der Waals surface area contributed by atoms with Crippen LogP contribution in [0.25, 0.3) is 0 Å². The number of ether oxygens (including phenoxy) is 3. The number of hydrogen-bond donors (Lipinski definition) is 0. The summed E-state index contributed by atoms with van der Waals surface area (Å²) >= 11 is 0. The van der Waals surface area contributed by atoms with Gasteiger partial charge in [0.15, 0.2) is 5.60 Å². The van der Waals surface area contributed by atoms with E-state index in [-0.39, 0.29) is 18.0 Å². The number of epoxide rings is 1. The summed E-state index contributed by atoms with van der Waals surface area (Å²) in [5, 5.41) is 0. The predicted octanol–water partition coefficient (Wildman–Crippen LogP) is 1.38. The van der Waals surface area contributed by atoms with Crippen molar-refractivity contribution in [1.29, 1.82) is 0 Å². The van der Waals surface area contributed by atoms with Crippen LogP contribution in [0.3, 0.4) is 0 Å². The minimum atomic E-state index is -0.850. The van der Waals surface area contributed by atoms with Gasteiger partial charge in [0, 0.05) is 7.11 Å². The zero-order valence-electron chi connectivity index (χ0n) is 10.3. The first-order valence-electron chi connectivity index (χ1n) is 5.18. The summed E-state index contributed by atoms with van der Waals surface area (Å²) in [5.74, 6) is -0.253. The molecule has 1 aliphatic rings. The molecule has 0 spiro atoms. The van der Waals surface area contributed by atoms with Gasteiger partial charge in [-0.25, -0.2) is 4.79 Å². The molecule has 88 valence electrons. The maximum atomic E-state index is 11.8. The van der Waals surface area contributed by atoms with Gasteiger partial charge in [0.1, 0.15) is 5.60 Å². The third-order valence-electron chi connectivity index (χ3n) is 3.50. The number of methoxy groups -OCH3 is 2. The van der Waals surface area contributed by atoms with Crippen molar-refractivity contribution < 1.29 is 19.0 Å². The van der Waals surface area contributed by atoms with Crippen molar-refractivity contribution in [2.45, 2.75) is 45.0 Å². The minimum absolute atomic E-state index is 0.0625. The fourth-order valence-electron chi connectivity index (χ4n) is 2.24. The molecule has 0 radical (unpaired) electrons. The van der Waals surface area contributed by atoms with E-state index in [9.17, 15) is 4.79 Å². The highest BCUT2D eigenvalue weighted by molar-refractivity contribution is 5.85. The van der Waals surface area contributed by atoms with Gasteiger partial charge in [-0.15, -0.1) is 0 Å². The molecule has 1 aliphatic heterocycles. The Balaban J connectivity index is 2.96. The van der Waals surface area contributed by atoms with Gasteiger partial charge in [-0.3, -0.25) is 0 Å². The molecule has 1 heterocycles. The molecule has 0 aliphatic carbocycles. The van der Waals surface area contributed by atoms with Crippen molar-refractivity contribution in [2.24, 2.45) is 5.92 Å². The van der Waals surface area contributed by atoms with E-state index in [1.165, 1.54) is 7.11 Å². The molecular weight excluding hydrogens is 196 g/mol. The Morgan fingerprint density at radius 2 is 1.80 bits per heavy atom. The minimum Gasteiger partial charge on any atom is -0.467 e. The highest BCUT2D eigenvalue weighted by Crippen LogP contribution is 2.56. The van der Waals surface area contributed by atoms with Gasteiger partial charge in [-0.1, -0.05) is 13.8 Å². The first-order valence-corrected chi connectivity index (χ1v) is 5.18. The second-order valence-corrected chi connectivity index (χ2v) is 4.47. The molecule has 15 heavy (non-hydrogen) atoms. The molecule has 0 aromatic rings. The van der Waals surface area contributed by atoms with Crippen LogP contribution >= 0.6 is 0 Å². The summed E-state index contributed by atoms with van der Waals surface area (Å²) in [7, 11) is 2.99. The van der Waals surface area contributed by atoms with E-state index in [4.69, 9.17) is 14.2 Å². The highest BCUT2D eigenvalue weighted by Gasteiger charge is 2.76. The van der Waals surface area contributed by atoms with Gasteiger partial charge >= 0.3 is 5.97 Å². The Bertz CT molecular complexity index is 263. The Morgan fingerprint density at radius 3 is 2.13 bits per heavy atom. The van der Waals surface area contributed by atoms with E-state index in [1.807, 2.05) is 27.7 Å². The monoisotopic (exact) mass is 216 g/mol. The van der Waals surface area contributed by atoms with E-state index in [1.54, 1.807) is 7.11 Å². The van der Waals surface area contributed by atoms with Crippen molar-refractivity contribution >= 4 is 5.97 Å². The molecular formula is C11H20O4. The summed E-state index contributed by atoms with van der Waals surface area (Å²) in [5.41, 5.74) is -1.43. The summed E-state index contributed by atoms with van der Waals surface area (Å²) in [4.78, 5) is 11.8. The zero-order chi connectivity index (χ0) is 11.9. The van der Waals surface area contributed by atoms with Crippen LogP contribution < -0.4 is 0 Å². The highest BCUT2D eigenvalue weighted by atomic mass is 16.7. The van der Waals surface area contributed by atoms with Crippen LogP contribution in [-0.2, 0) is 19.0 Å². The predicted molar refractivity (Wildman–Crippen MR) is 55.5 cm³/mol. The van der Waals surface area contributed by atoms with Crippen molar-refractivity contribution in [3.63, 3.8) is 0 Å². The molecule has 0 N–H and O–H groups in total. The van der Waals surface area contributed by atoms with Gasteiger partial charge in [0.25, 0.3) is 0 Å². The number of esters is 1. The summed E-state index contributed by atoms with van der Waals surface area (Å²) in [6.45, 7) is 7.68. The molecule has 0 amide bonds. The van der Waals surface area contributed by atoms with Crippen LogP contribution in [0.15, 0.2) is 0 Å². The lowest BCUT2D eigenvalue weighted by Gasteiger charge is -2.22. The Morgan fingerprint density at radius 1 is 1.27 bits per heavy atom. The van der Waals surface area contributed by atoms with Crippen LogP contribution in [0.1, 0.15) is 27.7 Å². The molecule has 4 nitrogen and oxygen atoms in total. The Hall–Kier alpha value is -0.610. The average molecular weight is 216 g/mol. The zero-order valence-corrected chi connectivity index (χ0v) is 10.3. The van der Waals surface area contributed by atoms with Crippen molar-refractivity contribution in [2.75, 3.05) is 14.2 Å². The van der Waals surface area contributed by atoms with Gasteiger partial charge in [0.2, 0.25) is 0 Å².